The Kier molecular flexibility index (Phi) is 8.67. The maximum atomic E-state index is 3.76. The second kappa shape index (κ2) is 9.73. The maximum absolute atomic E-state index is 3.76. The van der Waals surface area contributed by atoms with Gasteiger partial charge in [-0.2, -0.15) is 0 Å². The van der Waals surface area contributed by atoms with Gasteiger partial charge in [0.25, 0.3) is 0 Å². The molecule has 114 valence electrons. The lowest BCUT2D eigenvalue weighted by molar-refractivity contribution is 0.286. The fourth-order valence-corrected chi connectivity index (χ4v) is 3.18. The number of nitrogens with zero attached hydrogens (tertiary/aromatic N) is 1. The molecule has 0 aliphatic carbocycles. The third-order valence-electron chi connectivity index (χ3n) is 4.38. The molecule has 0 spiro atoms. The van der Waals surface area contributed by atoms with Crippen LogP contribution in [-0.2, 0) is 0 Å². The quantitative estimate of drug-likeness (QED) is 0.638. The van der Waals surface area contributed by atoms with Crippen LogP contribution >= 0.6 is 0 Å². The second-order valence-corrected chi connectivity index (χ2v) is 6.17. The first-order valence-corrected chi connectivity index (χ1v) is 8.37. The Morgan fingerprint density at radius 3 is 2.53 bits per heavy atom. The molecule has 0 bridgehead atoms. The van der Waals surface area contributed by atoms with E-state index in [1.54, 1.807) is 0 Å². The van der Waals surface area contributed by atoms with Crippen molar-refractivity contribution in [3.05, 3.63) is 0 Å². The van der Waals surface area contributed by atoms with Gasteiger partial charge in [0.1, 0.15) is 0 Å². The molecule has 3 unspecified atom stereocenters. The van der Waals surface area contributed by atoms with E-state index >= 15 is 0 Å². The smallest absolute Gasteiger partial charge is 0.00822 e. The first-order chi connectivity index (χ1) is 9.15. The van der Waals surface area contributed by atoms with Gasteiger partial charge in [0.15, 0.2) is 0 Å². The van der Waals surface area contributed by atoms with Crippen LogP contribution < -0.4 is 10.6 Å². The van der Waals surface area contributed by atoms with Crippen molar-refractivity contribution in [1.82, 2.24) is 15.5 Å². The van der Waals surface area contributed by atoms with Gasteiger partial charge in [-0.25, -0.2) is 0 Å². The molecule has 3 atom stereocenters. The second-order valence-electron chi connectivity index (χ2n) is 6.17. The molecule has 0 radical (unpaired) electrons. The molecule has 1 heterocycles. The Bertz CT molecular complexity index is 210. The van der Waals surface area contributed by atoms with E-state index in [1.165, 1.54) is 58.3 Å². The average molecular weight is 269 g/mol. The molecular weight excluding hydrogens is 234 g/mol. The summed E-state index contributed by atoms with van der Waals surface area (Å²) in [6, 6.07) is 2.04. The normalized spacial score (nSPS) is 22.9. The Morgan fingerprint density at radius 2 is 1.95 bits per heavy atom. The molecular formula is C16H35N3. The highest BCUT2D eigenvalue weighted by molar-refractivity contribution is 4.79. The molecule has 0 saturated carbocycles. The summed E-state index contributed by atoms with van der Waals surface area (Å²) in [6.45, 7) is 14.0. The monoisotopic (exact) mass is 269 g/mol. The predicted octanol–water partition coefficient (Wildman–Crippen LogP) is 2.62. The molecule has 1 rings (SSSR count). The van der Waals surface area contributed by atoms with Crippen molar-refractivity contribution < 1.29 is 0 Å². The van der Waals surface area contributed by atoms with E-state index in [9.17, 15) is 0 Å². The lowest BCUT2D eigenvalue weighted by atomic mass is 10.1. The molecule has 1 fully saturated rings. The van der Waals surface area contributed by atoms with Crippen LogP contribution in [0.4, 0.5) is 0 Å². The van der Waals surface area contributed by atoms with E-state index in [0.29, 0.717) is 12.1 Å². The van der Waals surface area contributed by atoms with Crippen LogP contribution in [-0.4, -0.2) is 49.2 Å². The van der Waals surface area contributed by atoms with Crippen molar-refractivity contribution in [2.75, 3.05) is 26.2 Å². The van der Waals surface area contributed by atoms with Gasteiger partial charge in [-0.15, -0.1) is 0 Å². The van der Waals surface area contributed by atoms with Gasteiger partial charge in [-0.1, -0.05) is 13.8 Å². The van der Waals surface area contributed by atoms with Crippen LogP contribution in [0.25, 0.3) is 0 Å². The summed E-state index contributed by atoms with van der Waals surface area (Å²) in [5.41, 5.74) is 0. The molecule has 0 aromatic carbocycles. The number of hydrogen-bond acceptors (Lipinski definition) is 3. The van der Waals surface area contributed by atoms with Gasteiger partial charge in [0, 0.05) is 18.1 Å². The molecule has 3 heteroatoms. The highest BCUT2D eigenvalue weighted by atomic mass is 15.1. The van der Waals surface area contributed by atoms with E-state index < -0.39 is 0 Å². The zero-order valence-corrected chi connectivity index (χ0v) is 13.5. The van der Waals surface area contributed by atoms with Gasteiger partial charge < -0.3 is 15.5 Å². The predicted molar refractivity (Wildman–Crippen MR) is 84.7 cm³/mol. The minimum absolute atomic E-state index is 0.638. The third-order valence-corrected chi connectivity index (χ3v) is 4.38. The van der Waals surface area contributed by atoms with Gasteiger partial charge in [-0.3, -0.25) is 0 Å². The Balaban J connectivity index is 2.06. The number of rotatable bonds is 10. The summed E-state index contributed by atoms with van der Waals surface area (Å²) >= 11 is 0. The molecule has 3 nitrogen and oxygen atoms in total. The number of hydrogen-bond donors (Lipinski definition) is 2. The molecule has 0 amide bonds. The minimum atomic E-state index is 0.638. The van der Waals surface area contributed by atoms with Gasteiger partial charge in [-0.05, 0) is 72.1 Å². The van der Waals surface area contributed by atoms with Crippen molar-refractivity contribution in [2.45, 2.75) is 77.9 Å². The van der Waals surface area contributed by atoms with E-state index in [1.807, 2.05) is 0 Å². The van der Waals surface area contributed by atoms with Crippen molar-refractivity contribution in [3.8, 4) is 0 Å². The fraction of sp³-hybridized carbons (Fsp3) is 1.00. The van der Waals surface area contributed by atoms with Crippen molar-refractivity contribution in [1.29, 1.82) is 0 Å². The molecule has 19 heavy (non-hydrogen) atoms. The van der Waals surface area contributed by atoms with E-state index in [-0.39, 0.29) is 0 Å². The summed E-state index contributed by atoms with van der Waals surface area (Å²) in [5, 5.41) is 7.35. The third kappa shape index (κ3) is 7.28. The molecule has 1 aliphatic heterocycles. The van der Waals surface area contributed by atoms with Crippen LogP contribution in [0.1, 0.15) is 59.8 Å². The first-order valence-electron chi connectivity index (χ1n) is 8.37. The summed E-state index contributed by atoms with van der Waals surface area (Å²) in [6.07, 6.45) is 6.60. The topological polar surface area (TPSA) is 27.3 Å². The summed E-state index contributed by atoms with van der Waals surface area (Å²) < 4.78 is 0. The highest BCUT2D eigenvalue weighted by Crippen LogP contribution is 2.11. The van der Waals surface area contributed by atoms with Gasteiger partial charge in [0.2, 0.25) is 0 Å². The SMILES string of the molecule is CCN(CC)CCCC(C)NC(C)CC1CCCN1. The lowest BCUT2D eigenvalue weighted by Crippen LogP contribution is -2.39. The van der Waals surface area contributed by atoms with Crippen LogP contribution in [0.5, 0.6) is 0 Å². The standard InChI is InChI=1S/C16H35N3/c1-5-19(6-2)12-8-9-14(3)18-15(4)13-16-10-7-11-17-16/h14-18H,5-13H2,1-4H3. The Hall–Kier alpha value is -0.120. The highest BCUT2D eigenvalue weighted by Gasteiger charge is 2.17. The summed E-state index contributed by atoms with van der Waals surface area (Å²) in [7, 11) is 0. The maximum Gasteiger partial charge on any atom is 0.00822 e. The van der Waals surface area contributed by atoms with Crippen molar-refractivity contribution in [2.24, 2.45) is 0 Å². The molecule has 1 saturated heterocycles. The summed E-state index contributed by atoms with van der Waals surface area (Å²) in [4.78, 5) is 2.51. The van der Waals surface area contributed by atoms with Crippen LogP contribution in [0.15, 0.2) is 0 Å². The van der Waals surface area contributed by atoms with Crippen LogP contribution in [0.3, 0.4) is 0 Å². The van der Waals surface area contributed by atoms with Crippen molar-refractivity contribution in [3.63, 3.8) is 0 Å². The zero-order chi connectivity index (χ0) is 14.1. The van der Waals surface area contributed by atoms with E-state index in [2.05, 4.69) is 43.2 Å². The fourth-order valence-electron chi connectivity index (χ4n) is 3.18. The molecule has 2 N–H and O–H groups in total. The van der Waals surface area contributed by atoms with Gasteiger partial charge in [0.05, 0.1) is 0 Å². The largest absolute Gasteiger partial charge is 0.314 e. The zero-order valence-electron chi connectivity index (χ0n) is 13.5. The Labute approximate surface area is 120 Å². The van der Waals surface area contributed by atoms with Gasteiger partial charge >= 0.3 is 0 Å². The van der Waals surface area contributed by atoms with Crippen LogP contribution in [0.2, 0.25) is 0 Å². The average Bonchev–Trinajstić information content (AvgIpc) is 2.87. The molecule has 0 aromatic heterocycles. The van der Waals surface area contributed by atoms with Crippen molar-refractivity contribution >= 4 is 0 Å². The van der Waals surface area contributed by atoms with E-state index in [0.717, 1.165) is 6.04 Å². The summed E-state index contributed by atoms with van der Waals surface area (Å²) in [5.74, 6) is 0. The molecule has 0 aromatic rings. The van der Waals surface area contributed by atoms with Crippen LogP contribution in [0, 0.1) is 0 Å². The lowest BCUT2D eigenvalue weighted by Gasteiger charge is -2.24. The molecule has 1 aliphatic rings. The Morgan fingerprint density at radius 1 is 1.21 bits per heavy atom. The minimum Gasteiger partial charge on any atom is -0.314 e. The first kappa shape index (κ1) is 16.9. The number of nitrogens with one attached hydrogen (secondary N) is 2. The van der Waals surface area contributed by atoms with E-state index in [4.69, 9.17) is 0 Å².